The van der Waals surface area contributed by atoms with Gasteiger partial charge in [0.2, 0.25) is 0 Å². The Kier molecular flexibility index (Phi) is 7.25. The maximum Gasteiger partial charge on any atom is 0.320 e. The smallest absolute Gasteiger partial charge is 0.320 e. The largest absolute Gasteiger partial charge is 0.465 e. The number of nitrogens with zero attached hydrogens (tertiary/aromatic N) is 1. The van der Waals surface area contributed by atoms with Crippen molar-refractivity contribution in [2.24, 2.45) is 0 Å². The number of esters is 1. The van der Waals surface area contributed by atoms with Crippen LogP contribution in [0.25, 0.3) is 0 Å². The van der Waals surface area contributed by atoms with Gasteiger partial charge in [-0.2, -0.15) is 0 Å². The molecule has 3 nitrogen and oxygen atoms in total. The molecule has 1 aliphatic carbocycles. The van der Waals surface area contributed by atoms with E-state index in [4.69, 9.17) is 4.74 Å². The lowest BCUT2D eigenvalue weighted by Crippen LogP contribution is -2.33. The van der Waals surface area contributed by atoms with Gasteiger partial charge in [0, 0.05) is 6.04 Å². The number of hydrogen-bond acceptors (Lipinski definition) is 3. The lowest BCUT2D eigenvalue weighted by atomic mass is 10.1. The van der Waals surface area contributed by atoms with Crippen LogP contribution in [0.1, 0.15) is 58.8 Å². The van der Waals surface area contributed by atoms with Gasteiger partial charge < -0.3 is 4.74 Å². The maximum absolute atomic E-state index is 11.5. The van der Waals surface area contributed by atoms with Crippen LogP contribution >= 0.6 is 0 Å². The molecule has 1 saturated carbocycles. The van der Waals surface area contributed by atoms with E-state index < -0.39 is 0 Å². The highest BCUT2D eigenvalue weighted by molar-refractivity contribution is 5.71. The number of carbonyl (C=O) groups excluding carboxylic acids is 1. The van der Waals surface area contributed by atoms with Crippen LogP contribution < -0.4 is 0 Å². The molecule has 0 aromatic heterocycles. The summed E-state index contributed by atoms with van der Waals surface area (Å²) in [6, 6.07) is 0.658. The minimum absolute atomic E-state index is 0.0621. The van der Waals surface area contributed by atoms with Crippen LogP contribution in [0.15, 0.2) is 0 Å². The molecule has 1 aliphatic rings. The van der Waals surface area contributed by atoms with Crippen LogP contribution in [0, 0.1) is 0 Å². The molecule has 3 heteroatoms. The van der Waals surface area contributed by atoms with E-state index in [0.29, 0.717) is 19.2 Å². The van der Waals surface area contributed by atoms with E-state index in [1.165, 1.54) is 44.9 Å². The summed E-state index contributed by atoms with van der Waals surface area (Å²) in [6.07, 6.45) is 8.98. The fourth-order valence-electron chi connectivity index (χ4n) is 2.12. The van der Waals surface area contributed by atoms with Crippen LogP contribution in [0.5, 0.6) is 0 Å². The molecule has 1 fully saturated rings. The van der Waals surface area contributed by atoms with Gasteiger partial charge in [0.05, 0.1) is 13.2 Å². The Bertz CT molecular complexity index is 214. The molecular weight excluding hydrogens is 214 g/mol. The zero-order valence-corrected chi connectivity index (χ0v) is 11.4. The monoisotopic (exact) mass is 241 g/mol. The average molecular weight is 241 g/mol. The molecule has 0 radical (unpaired) electrons. The summed E-state index contributed by atoms with van der Waals surface area (Å²) in [6.45, 7) is 6.15. The van der Waals surface area contributed by atoms with Crippen molar-refractivity contribution in [2.45, 2.75) is 64.8 Å². The molecule has 0 aliphatic heterocycles. The first-order valence-corrected chi connectivity index (χ1v) is 7.17. The predicted octanol–water partition coefficient (Wildman–Crippen LogP) is 2.98. The van der Waals surface area contributed by atoms with Gasteiger partial charge in [-0.1, -0.05) is 32.6 Å². The topological polar surface area (TPSA) is 29.5 Å². The zero-order valence-electron chi connectivity index (χ0n) is 11.4. The Labute approximate surface area is 106 Å². The molecule has 0 atom stereocenters. The zero-order chi connectivity index (χ0) is 12.5. The Morgan fingerprint density at radius 2 is 1.88 bits per heavy atom. The molecule has 0 spiro atoms. The Morgan fingerprint density at radius 3 is 2.47 bits per heavy atom. The van der Waals surface area contributed by atoms with Gasteiger partial charge in [-0.05, 0) is 32.7 Å². The van der Waals surface area contributed by atoms with Crippen LogP contribution in [-0.2, 0) is 9.53 Å². The second-order valence-electron chi connectivity index (χ2n) is 4.92. The fraction of sp³-hybridized carbons (Fsp3) is 0.929. The minimum Gasteiger partial charge on any atom is -0.465 e. The second kappa shape index (κ2) is 8.51. The summed E-state index contributed by atoms with van der Waals surface area (Å²) in [7, 11) is 0. The lowest BCUT2D eigenvalue weighted by molar-refractivity contribution is -0.144. The average Bonchev–Trinajstić information content (AvgIpc) is 3.11. The minimum atomic E-state index is -0.0621. The molecule has 0 unspecified atom stereocenters. The number of rotatable bonds is 10. The third-order valence-corrected chi connectivity index (χ3v) is 3.25. The highest BCUT2D eigenvalue weighted by atomic mass is 16.5. The van der Waals surface area contributed by atoms with Gasteiger partial charge in [-0.15, -0.1) is 0 Å². The predicted molar refractivity (Wildman–Crippen MR) is 70.0 cm³/mol. The van der Waals surface area contributed by atoms with Gasteiger partial charge in [-0.3, -0.25) is 9.69 Å². The van der Waals surface area contributed by atoms with Crippen LogP contribution in [0.2, 0.25) is 0 Å². The first-order valence-electron chi connectivity index (χ1n) is 7.17. The normalized spacial score (nSPS) is 15.2. The van der Waals surface area contributed by atoms with E-state index in [2.05, 4.69) is 11.8 Å². The summed E-state index contributed by atoms with van der Waals surface area (Å²) in [5.41, 5.74) is 0. The standard InChI is InChI=1S/C14H27NO2/c1-3-5-6-7-8-11-15(13-9-10-13)12-14(16)17-4-2/h13H,3-12H2,1-2H3. The van der Waals surface area contributed by atoms with Crippen LogP contribution in [0.4, 0.5) is 0 Å². The molecule has 0 N–H and O–H groups in total. The molecule has 17 heavy (non-hydrogen) atoms. The summed E-state index contributed by atoms with van der Waals surface area (Å²) in [4.78, 5) is 13.8. The Balaban J connectivity index is 2.12. The van der Waals surface area contributed by atoms with Crippen molar-refractivity contribution in [3.8, 4) is 0 Å². The Morgan fingerprint density at radius 1 is 1.18 bits per heavy atom. The molecule has 0 saturated heterocycles. The van der Waals surface area contributed by atoms with Crippen molar-refractivity contribution in [3.05, 3.63) is 0 Å². The second-order valence-corrected chi connectivity index (χ2v) is 4.92. The molecule has 0 aromatic rings. The quantitative estimate of drug-likeness (QED) is 0.435. The molecule has 1 rings (SSSR count). The summed E-state index contributed by atoms with van der Waals surface area (Å²) in [5.74, 6) is -0.0621. The van der Waals surface area contributed by atoms with Gasteiger partial charge in [-0.25, -0.2) is 0 Å². The Hall–Kier alpha value is -0.570. The molecule has 0 bridgehead atoms. The fourth-order valence-corrected chi connectivity index (χ4v) is 2.12. The first kappa shape index (κ1) is 14.5. The number of hydrogen-bond donors (Lipinski definition) is 0. The van der Waals surface area contributed by atoms with Gasteiger partial charge in [0.15, 0.2) is 0 Å². The van der Waals surface area contributed by atoms with E-state index in [9.17, 15) is 4.79 Å². The van der Waals surface area contributed by atoms with E-state index >= 15 is 0 Å². The molecule has 100 valence electrons. The number of carbonyl (C=O) groups is 1. The van der Waals surface area contributed by atoms with Crippen molar-refractivity contribution >= 4 is 5.97 Å². The lowest BCUT2D eigenvalue weighted by Gasteiger charge is -2.20. The molecular formula is C14H27NO2. The van der Waals surface area contributed by atoms with Gasteiger partial charge >= 0.3 is 5.97 Å². The van der Waals surface area contributed by atoms with Gasteiger partial charge in [0.25, 0.3) is 0 Å². The third kappa shape index (κ3) is 6.67. The van der Waals surface area contributed by atoms with Crippen molar-refractivity contribution in [2.75, 3.05) is 19.7 Å². The summed E-state index contributed by atoms with van der Waals surface area (Å²) < 4.78 is 5.01. The number of unbranched alkanes of at least 4 members (excludes halogenated alkanes) is 4. The van der Waals surface area contributed by atoms with Gasteiger partial charge in [0.1, 0.15) is 0 Å². The molecule has 0 amide bonds. The van der Waals surface area contributed by atoms with Crippen molar-refractivity contribution in [1.82, 2.24) is 4.90 Å². The van der Waals surface area contributed by atoms with Crippen molar-refractivity contribution in [1.29, 1.82) is 0 Å². The van der Waals surface area contributed by atoms with Crippen LogP contribution in [0.3, 0.4) is 0 Å². The van der Waals surface area contributed by atoms with E-state index in [1.54, 1.807) is 0 Å². The SMILES string of the molecule is CCCCCCCN(CC(=O)OCC)C1CC1. The van der Waals surface area contributed by atoms with E-state index in [-0.39, 0.29) is 5.97 Å². The highest BCUT2D eigenvalue weighted by Crippen LogP contribution is 2.27. The van der Waals surface area contributed by atoms with Crippen LogP contribution in [-0.4, -0.2) is 36.6 Å². The highest BCUT2D eigenvalue weighted by Gasteiger charge is 2.29. The van der Waals surface area contributed by atoms with E-state index in [0.717, 1.165) is 6.54 Å². The van der Waals surface area contributed by atoms with Crippen molar-refractivity contribution in [3.63, 3.8) is 0 Å². The number of ether oxygens (including phenoxy) is 1. The van der Waals surface area contributed by atoms with E-state index in [1.807, 2.05) is 6.92 Å². The molecule has 0 aromatic carbocycles. The van der Waals surface area contributed by atoms with Crippen molar-refractivity contribution < 1.29 is 9.53 Å². The summed E-state index contributed by atoms with van der Waals surface area (Å²) in [5, 5.41) is 0. The maximum atomic E-state index is 11.5. The molecule has 0 heterocycles. The first-order chi connectivity index (χ1) is 8.27. The third-order valence-electron chi connectivity index (χ3n) is 3.25. The summed E-state index contributed by atoms with van der Waals surface area (Å²) >= 11 is 0.